The van der Waals surface area contributed by atoms with Crippen LogP contribution in [0.15, 0.2) is 18.3 Å². The summed E-state index contributed by atoms with van der Waals surface area (Å²) in [5.41, 5.74) is -0.115. The number of pyridine rings is 1. The second-order valence-electron chi connectivity index (χ2n) is 4.01. The lowest BCUT2D eigenvalue weighted by molar-refractivity contribution is -0.140. The zero-order chi connectivity index (χ0) is 15.1. The number of hydrogen-bond donors (Lipinski definition) is 3. The maximum atomic E-state index is 12.6. The van der Waals surface area contributed by atoms with Gasteiger partial charge in [0.25, 0.3) is 5.91 Å². The molecular formula is C12H13FN2O5. The number of carboxylic acid groups (broad SMARTS) is 2. The van der Waals surface area contributed by atoms with Gasteiger partial charge >= 0.3 is 11.9 Å². The number of nitrogens with zero attached hydrogens (tertiary/aromatic N) is 1. The topological polar surface area (TPSA) is 117 Å². The van der Waals surface area contributed by atoms with Crippen LogP contribution < -0.4 is 5.32 Å². The molecule has 0 fully saturated rings. The molecule has 3 N–H and O–H groups in total. The molecule has 8 heteroatoms. The molecule has 0 saturated heterocycles. The zero-order valence-electron chi connectivity index (χ0n) is 10.4. The highest BCUT2D eigenvalue weighted by molar-refractivity contribution is 5.94. The molecule has 20 heavy (non-hydrogen) atoms. The Labute approximate surface area is 113 Å². The largest absolute Gasteiger partial charge is 0.481 e. The number of aliphatic carboxylic acids is 2. The Morgan fingerprint density at radius 2 is 2.00 bits per heavy atom. The lowest BCUT2D eigenvalue weighted by Crippen LogP contribution is -2.41. The highest BCUT2D eigenvalue weighted by atomic mass is 19.1. The predicted octanol–water partition coefficient (Wildman–Crippen LogP) is 0.659. The van der Waals surface area contributed by atoms with E-state index in [0.29, 0.717) is 0 Å². The van der Waals surface area contributed by atoms with Gasteiger partial charge in [-0.1, -0.05) is 0 Å². The van der Waals surface area contributed by atoms with Crippen molar-refractivity contribution in [2.24, 2.45) is 0 Å². The Morgan fingerprint density at radius 3 is 2.50 bits per heavy atom. The van der Waals surface area contributed by atoms with E-state index in [-0.39, 0.29) is 25.0 Å². The molecule has 0 spiro atoms. The Hall–Kier alpha value is -2.51. The fraction of sp³-hybridized carbons (Fsp3) is 0.333. The molecule has 0 bridgehead atoms. The van der Waals surface area contributed by atoms with E-state index < -0.39 is 29.7 Å². The van der Waals surface area contributed by atoms with Crippen molar-refractivity contribution in [3.05, 3.63) is 29.8 Å². The van der Waals surface area contributed by atoms with Crippen LogP contribution in [0.5, 0.6) is 0 Å². The van der Waals surface area contributed by atoms with E-state index in [1.807, 2.05) is 0 Å². The number of carbonyl (C=O) groups is 3. The van der Waals surface area contributed by atoms with E-state index >= 15 is 0 Å². The summed E-state index contributed by atoms with van der Waals surface area (Å²) in [6.45, 7) is 0. The van der Waals surface area contributed by atoms with Gasteiger partial charge in [0.1, 0.15) is 17.6 Å². The molecule has 0 aliphatic heterocycles. The van der Waals surface area contributed by atoms with E-state index in [1.165, 1.54) is 0 Å². The van der Waals surface area contributed by atoms with Crippen molar-refractivity contribution >= 4 is 17.8 Å². The molecule has 1 aromatic rings. The smallest absolute Gasteiger partial charge is 0.326 e. The summed E-state index contributed by atoms with van der Waals surface area (Å²) in [6.07, 6.45) is 0.752. The Bertz CT molecular complexity index is 503. The van der Waals surface area contributed by atoms with E-state index in [1.54, 1.807) is 0 Å². The third kappa shape index (κ3) is 5.01. The number of aromatic nitrogens is 1. The molecule has 0 radical (unpaired) electrons. The van der Waals surface area contributed by atoms with Crippen LogP contribution in [0, 0.1) is 5.82 Å². The first-order valence-electron chi connectivity index (χ1n) is 5.77. The lowest BCUT2D eigenvalue weighted by atomic mass is 10.1. The highest BCUT2D eigenvalue weighted by Crippen LogP contribution is 2.04. The number of carboxylic acids is 2. The number of hydrogen-bond acceptors (Lipinski definition) is 4. The van der Waals surface area contributed by atoms with Crippen molar-refractivity contribution in [1.82, 2.24) is 10.3 Å². The molecule has 1 heterocycles. The Balaban J connectivity index is 2.60. The summed E-state index contributed by atoms with van der Waals surface area (Å²) in [5.74, 6) is -3.68. The van der Waals surface area contributed by atoms with Gasteiger partial charge < -0.3 is 15.5 Å². The third-order valence-corrected chi connectivity index (χ3v) is 2.45. The maximum absolute atomic E-state index is 12.6. The molecule has 0 saturated carbocycles. The van der Waals surface area contributed by atoms with Gasteiger partial charge in [0.05, 0.1) is 6.20 Å². The van der Waals surface area contributed by atoms with Crippen LogP contribution in [-0.4, -0.2) is 39.1 Å². The normalized spacial score (nSPS) is 11.7. The van der Waals surface area contributed by atoms with Gasteiger partial charge in [-0.05, 0) is 25.0 Å². The van der Waals surface area contributed by atoms with E-state index in [2.05, 4.69) is 10.3 Å². The number of amides is 1. The van der Waals surface area contributed by atoms with Crippen molar-refractivity contribution < 1.29 is 29.0 Å². The van der Waals surface area contributed by atoms with E-state index in [9.17, 15) is 18.8 Å². The molecule has 1 atom stereocenters. The molecule has 1 amide bonds. The average molecular weight is 284 g/mol. The third-order valence-electron chi connectivity index (χ3n) is 2.45. The summed E-state index contributed by atoms with van der Waals surface area (Å²) >= 11 is 0. The summed E-state index contributed by atoms with van der Waals surface area (Å²) in [4.78, 5) is 36.5. The van der Waals surface area contributed by atoms with Gasteiger partial charge in [0.2, 0.25) is 0 Å². The fourth-order valence-electron chi connectivity index (χ4n) is 1.46. The van der Waals surface area contributed by atoms with Gasteiger partial charge in [-0.15, -0.1) is 0 Å². The second-order valence-corrected chi connectivity index (χ2v) is 4.01. The van der Waals surface area contributed by atoms with Crippen LogP contribution in [0.1, 0.15) is 29.8 Å². The van der Waals surface area contributed by atoms with Gasteiger partial charge in [0.15, 0.2) is 0 Å². The Kier molecular flexibility index (Phi) is 5.57. The number of rotatable bonds is 7. The summed E-state index contributed by atoms with van der Waals surface area (Å²) in [6, 6.07) is 0.942. The maximum Gasteiger partial charge on any atom is 0.326 e. The van der Waals surface area contributed by atoms with E-state index in [4.69, 9.17) is 10.2 Å². The highest BCUT2D eigenvalue weighted by Gasteiger charge is 2.21. The monoisotopic (exact) mass is 284 g/mol. The SMILES string of the molecule is O=C(O)CCC[C@@H](NC(=O)c1ccc(F)cn1)C(=O)O. The first-order valence-corrected chi connectivity index (χ1v) is 5.77. The van der Waals surface area contributed by atoms with Crippen molar-refractivity contribution in [2.45, 2.75) is 25.3 Å². The van der Waals surface area contributed by atoms with Crippen molar-refractivity contribution in [1.29, 1.82) is 0 Å². The van der Waals surface area contributed by atoms with Crippen molar-refractivity contribution in [3.63, 3.8) is 0 Å². The van der Waals surface area contributed by atoms with Crippen LogP contribution in [0.4, 0.5) is 4.39 Å². The summed E-state index contributed by atoms with van der Waals surface area (Å²) in [5, 5.41) is 19.6. The first-order chi connectivity index (χ1) is 9.40. The van der Waals surface area contributed by atoms with Gasteiger partial charge in [-0.3, -0.25) is 9.59 Å². The van der Waals surface area contributed by atoms with Crippen LogP contribution in [0.2, 0.25) is 0 Å². The van der Waals surface area contributed by atoms with Crippen molar-refractivity contribution in [2.75, 3.05) is 0 Å². The molecule has 1 rings (SSSR count). The second kappa shape index (κ2) is 7.17. The van der Waals surface area contributed by atoms with Crippen LogP contribution in [0.3, 0.4) is 0 Å². The molecule has 0 aliphatic rings. The molecule has 0 aliphatic carbocycles. The van der Waals surface area contributed by atoms with Gasteiger partial charge in [0, 0.05) is 6.42 Å². The summed E-state index contributed by atoms with van der Waals surface area (Å²) in [7, 11) is 0. The van der Waals surface area contributed by atoms with Crippen LogP contribution in [0.25, 0.3) is 0 Å². The summed E-state index contributed by atoms with van der Waals surface area (Å²) < 4.78 is 12.6. The van der Waals surface area contributed by atoms with Gasteiger partial charge in [-0.2, -0.15) is 0 Å². The quantitative estimate of drug-likeness (QED) is 0.677. The molecule has 0 aromatic carbocycles. The standard InChI is InChI=1S/C12H13FN2O5/c13-7-4-5-8(14-6-7)11(18)15-9(12(19)20)2-1-3-10(16)17/h4-6,9H,1-3H2,(H,15,18)(H,16,17)(H,19,20)/t9-/m1/s1. The first kappa shape index (κ1) is 15.5. The minimum Gasteiger partial charge on any atom is -0.481 e. The Morgan fingerprint density at radius 1 is 1.30 bits per heavy atom. The van der Waals surface area contributed by atoms with Crippen LogP contribution in [-0.2, 0) is 9.59 Å². The number of carbonyl (C=O) groups excluding carboxylic acids is 1. The molecular weight excluding hydrogens is 271 g/mol. The number of halogens is 1. The van der Waals surface area contributed by atoms with Gasteiger partial charge in [-0.25, -0.2) is 14.2 Å². The molecule has 108 valence electrons. The number of nitrogens with one attached hydrogen (secondary N) is 1. The van der Waals surface area contributed by atoms with Crippen molar-refractivity contribution in [3.8, 4) is 0 Å². The predicted molar refractivity (Wildman–Crippen MR) is 64.6 cm³/mol. The van der Waals surface area contributed by atoms with Crippen LogP contribution >= 0.6 is 0 Å². The molecule has 1 aromatic heterocycles. The molecule has 7 nitrogen and oxygen atoms in total. The fourth-order valence-corrected chi connectivity index (χ4v) is 1.46. The lowest BCUT2D eigenvalue weighted by Gasteiger charge is -2.13. The zero-order valence-corrected chi connectivity index (χ0v) is 10.4. The minimum absolute atomic E-state index is 0.0193. The molecule has 0 unspecified atom stereocenters. The minimum atomic E-state index is -1.27. The van der Waals surface area contributed by atoms with E-state index in [0.717, 1.165) is 18.3 Å². The average Bonchev–Trinajstić information content (AvgIpc) is 2.37.